The molecule has 1 aliphatic carbocycles. The Morgan fingerprint density at radius 2 is 1.71 bits per heavy atom. The van der Waals surface area contributed by atoms with Gasteiger partial charge in [0.1, 0.15) is 0 Å². The van der Waals surface area contributed by atoms with E-state index in [9.17, 15) is 9.59 Å². The molecule has 5 rings (SSSR count). The molecular formula is C29H26N6O2S. The molecule has 190 valence electrons. The van der Waals surface area contributed by atoms with Crippen LogP contribution in [-0.2, 0) is 4.79 Å². The van der Waals surface area contributed by atoms with Crippen molar-refractivity contribution in [3.63, 3.8) is 0 Å². The van der Waals surface area contributed by atoms with Gasteiger partial charge >= 0.3 is 0 Å². The lowest BCUT2D eigenvalue weighted by molar-refractivity contribution is -0.115. The summed E-state index contributed by atoms with van der Waals surface area (Å²) in [5, 5.41) is 8.94. The molecule has 0 radical (unpaired) electrons. The Balaban J connectivity index is 1.27. The molecule has 2 heterocycles. The summed E-state index contributed by atoms with van der Waals surface area (Å²) in [4.78, 5) is 38.8. The van der Waals surface area contributed by atoms with Crippen molar-refractivity contribution in [1.29, 1.82) is 0 Å². The third-order valence-corrected chi connectivity index (χ3v) is 6.03. The molecule has 1 aliphatic rings. The second kappa shape index (κ2) is 11.3. The van der Waals surface area contributed by atoms with Gasteiger partial charge in [-0.3, -0.25) is 14.6 Å². The standard InChI is InChI=1S/C29H26N6O2S/c1-18(38)14-27(36)31-22-11-9-20(10-12-22)28(37)32-23-5-2-6-24(15-23)33-29-34-25(19-7-8-19)16-26(35-29)21-4-3-13-30-17-21/h2-6,9-13,15-17,19,38H,1,7-8,14H2,(H,31,36)(H,32,37)(H,33,34,35). The van der Waals surface area contributed by atoms with Gasteiger partial charge < -0.3 is 16.0 Å². The van der Waals surface area contributed by atoms with E-state index in [4.69, 9.17) is 9.97 Å². The van der Waals surface area contributed by atoms with Gasteiger partial charge in [0.25, 0.3) is 5.91 Å². The zero-order valence-corrected chi connectivity index (χ0v) is 21.4. The van der Waals surface area contributed by atoms with Crippen LogP contribution in [0.2, 0.25) is 0 Å². The molecule has 3 N–H and O–H groups in total. The Morgan fingerprint density at radius 3 is 2.42 bits per heavy atom. The van der Waals surface area contributed by atoms with Crippen LogP contribution in [0.5, 0.6) is 0 Å². The second-order valence-corrected chi connectivity index (χ2v) is 9.68. The molecule has 0 unspecified atom stereocenters. The molecule has 0 aliphatic heterocycles. The number of nitrogens with one attached hydrogen (secondary N) is 3. The Morgan fingerprint density at radius 1 is 0.921 bits per heavy atom. The molecule has 2 aromatic heterocycles. The van der Waals surface area contributed by atoms with Crippen molar-refractivity contribution in [2.75, 3.05) is 16.0 Å². The Bertz CT molecular complexity index is 1490. The van der Waals surface area contributed by atoms with Gasteiger partial charge in [-0.15, -0.1) is 12.6 Å². The molecule has 1 fully saturated rings. The third-order valence-electron chi connectivity index (χ3n) is 5.87. The van der Waals surface area contributed by atoms with Gasteiger partial charge in [-0.25, -0.2) is 9.97 Å². The number of benzene rings is 2. The van der Waals surface area contributed by atoms with Crippen molar-refractivity contribution in [1.82, 2.24) is 15.0 Å². The lowest BCUT2D eigenvalue weighted by Crippen LogP contribution is -2.13. The summed E-state index contributed by atoms with van der Waals surface area (Å²) in [7, 11) is 0. The highest BCUT2D eigenvalue weighted by molar-refractivity contribution is 7.84. The molecule has 2 amide bonds. The van der Waals surface area contributed by atoms with E-state index < -0.39 is 0 Å². The van der Waals surface area contributed by atoms with Crippen molar-refractivity contribution in [3.8, 4) is 11.3 Å². The highest BCUT2D eigenvalue weighted by atomic mass is 32.1. The number of anilines is 4. The van der Waals surface area contributed by atoms with Crippen LogP contribution in [0.15, 0.2) is 90.6 Å². The number of hydrogen-bond donors (Lipinski definition) is 4. The van der Waals surface area contributed by atoms with E-state index in [1.54, 1.807) is 36.7 Å². The zero-order valence-electron chi connectivity index (χ0n) is 20.5. The number of carbonyl (C=O) groups is 2. The normalized spacial score (nSPS) is 12.4. The Kier molecular flexibility index (Phi) is 7.46. The van der Waals surface area contributed by atoms with Gasteiger partial charge in [-0.05, 0) is 78.4 Å². The van der Waals surface area contributed by atoms with E-state index in [1.807, 2.05) is 42.5 Å². The van der Waals surface area contributed by atoms with E-state index in [1.165, 1.54) is 0 Å². The average Bonchev–Trinajstić information content (AvgIpc) is 3.75. The fraction of sp³-hybridized carbons (Fsp3) is 0.138. The van der Waals surface area contributed by atoms with Crippen LogP contribution in [0, 0.1) is 0 Å². The lowest BCUT2D eigenvalue weighted by Gasteiger charge is -2.11. The van der Waals surface area contributed by atoms with Crippen molar-refractivity contribution in [3.05, 3.63) is 102 Å². The second-order valence-electron chi connectivity index (χ2n) is 9.05. The van der Waals surface area contributed by atoms with E-state index in [2.05, 4.69) is 40.1 Å². The van der Waals surface area contributed by atoms with E-state index >= 15 is 0 Å². The fourth-order valence-electron chi connectivity index (χ4n) is 3.87. The van der Waals surface area contributed by atoms with Crippen LogP contribution in [0.1, 0.15) is 41.2 Å². The minimum Gasteiger partial charge on any atom is -0.326 e. The van der Waals surface area contributed by atoms with Crippen LogP contribution in [0.4, 0.5) is 23.0 Å². The molecule has 9 heteroatoms. The summed E-state index contributed by atoms with van der Waals surface area (Å²) in [6.07, 6.45) is 5.90. The van der Waals surface area contributed by atoms with Crippen LogP contribution in [-0.4, -0.2) is 26.8 Å². The van der Waals surface area contributed by atoms with Gasteiger partial charge in [0.2, 0.25) is 11.9 Å². The third kappa shape index (κ3) is 6.63. The number of carbonyl (C=O) groups excluding carboxylic acids is 2. The molecule has 0 atom stereocenters. The minimum atomic E-state index is -0.269. The number of nitrogens with zero attached hydrogens (tertiary/aromatic N) is 3. The van der Waals surface area contributed by atoms with Crippen molar-refractivity contribution in [2.24, 2.45) is 0 Å². The predicted molar refractivity (Wildman–Crippen MR) is 153 cm³/mol. The smallest absolute Gasteiger partial charge is 0.255 e. The fourth-order valence-corrected chi connectivity index (χ4v) is 4.02. The van der Waals surface area contributed by atoms with Crippen LogP contribution >= 0.6 is 12.6 Å². The maximum Gasteiger partial charge on any atom is 0.255 e. The van der Waals surface area contributed by atoms with Crippen LogP contribution < -0.4 is 16.0 Å². The number of aromatic nitrogens is 3. The Hall–Kier alpha value is -4.50. The number of hydrogen-bond acceptors (Lipinski definition) is 7. The molecule has 2 aromatic carbocycles. The Labute approximate surface area is 226 Å². The van der Waals surface area contributed by atoms with Crippen LogP contribution in [0.3, 0.4) is 0 Å². The topological polar surface area (TPSA) is 109 Å². The average molecular weight is 523 g/mol. The maximum atomic E-state index is 12.8. The highest BCUT2D eigenvalue weighted by Crippen LogP contribution is 2.40. The first-order valence-corrected chi connectivity index (χ1v) is 12.6. The lowest BCUT2D eigenvalue weighted by atomic mass is 10.1. The first kappa shape index (κ1) is 25.2. The first-order chi connectivity index (χ1) is 18.4. The maximum absolute atomic E-state index is 12.8. The molecule has 38 heavy (non-hydrogen) atoms. The van der Waals surface area contributed by atoms with Crippen molar-refractivity contribution >= 4 is 47.5 Å². The van der Waals surface area contributed by atoms with Gasteiger partial charge in [0.15, 0.2) is 0 Å². The van der Waals surface area contributed by atoms with Gasteiger partial charge in [-0.2, -0.15) is 0 Å². The minimum absolute atomic E-state index is 0.121. The van der Waals surface area contributed by atoms with E-state index in [0.717, 1.165) is 35.5 Å². The summed E-state index contributed by atoms with van der Waals surface area (Å²) in [6, 6.07) is 19.9. The highest BCUT2D eigenvalue weighted by Gasteiger charge is 2.26. The zero-order chi connectivity index (χ0) is 26.5. The first-order valence-electron chi connectivity index (χ1n) is 12.2. The number of amides is 2. The monoisotopic (exact) mass is 522 g/mol. The largest absolute Gasteiger partial charge is 0.326 e. The SMILES string of the molecule is C=C(S)CC(=O)Nc1ccc(C(=O)Nc2cccc(Nc3nc(-c4cccnc4)cc(C4CC4)n3)c2)cc1. The molecule has 0 bridgehead atoms. The van der Waals surface area contributed by atoms with Crippen molar-refractivity contribution in [2.45, 2.75) is 25.2 Å². The molecule has 0 spiro atoms. The quantitative estimate of drug-likeness (QED) is 0.195. The van der Waals surface area contributed by atoms with E-state index in [0.29, 0.717) is 33.7 Å². The summed E-state index contributed by atoms with van der Waals surface area (Å²) in [5.41, 5.74) is 5.18. The van der Waals surface area contributed by atoms with Crippen molar-refractivity contribution < 1.29 is 9.59 Å². The number of thiol groups is 1. The molecule has 8 nitrogen and oxygen atoms in total. The summed E-state index contributed by atoms with van der Waals surface area (Å²) in [6.45, 7) is 3.61. The van der Waals surface area contributed by atoms with Gasteiger partial charge in [-0.1, -0.05) is 12.6 Å². The predicted octanol–water partition coefficient (Wildman–Crippen LogP) is 6.18. The summed E-state index contributed by atoms with van der Waals surface area (Å²) >= 11 is 4.04. The van der Waals surface area contributed by atoms with E-state index in [-0.39, 0.29) is 18.2 Å². The van der Waals surface area contributed by atoms with Gasteiger partial charge in [0, 0.05) is 52.2 Å². The molecular weight excluding hydrogens is 496 g/mol. The van der Waals surface area contributed by atoms with Gasteiger partial charge in [0.05, 0.1) is 12.1 Å². The molecule has 0 saturated heterocycles. The molecule has 4 aromatic rings. The molecule has 1 saturated carbocycles. The number of pyridine rings is 1. The number of rotatable bonds is 9. The van der Waals surface area contributed by atoms with Crippen LogP contribution in [0.25, 0.3) is 11.3 Å². The summed E-state index contributed by atoms with van der Waals surface area (Å²) in [5.74, 6) is 0.470. The summed E-state index contributed by atoms with van der Waals surface area (Å²) < 4.78 is 0.